The lowest BCUT2D eigenvalue weighted by Gasteiger charge is -2.17. The maximum Gasteiger partial charge on any atom is 0.142 e. The Hall–Kier alpha value is -3.12. The molecular weight excluding hydrogens is 306 g/mol. The Morgan fingerprint density at radius 3 is 2.20 bits per heavy atom. The lowest BCUT2D eigenvalue weighted by atomic mass is 9.89. The fourth-order valence-corrected chi connectivity index (χ4v) is 3.14. The highest BCUT2D eigenvalue weighted by molar-refractivity contribution is 5.85. The summed E-state index contributed by atoms with van der Waals surface area (Å²) in [6.45, 7) is 8.17. The maximum absolute atomic E-state index is 9.67. The molecule has 0 unspecified atom stereocenters. The van der Waals surface area contributed by atoms with E-state index in [1.54, 1.807) is 0 Å². The molecule has 1 aromatic heterocycles. The number of benzene rings is 2. The number of nitrogen functional groups attached to an aromatic ring is 1. The Labute approximate surface area is 148 Å². The van der Waals surface area contributed by atoms with Crippen LogP contribution in [0.4, 0.5) is 5.82 Å². The molecule has 3 aromatic rings. The number of anilines is 1. The van der Waals surface area contributed by atoms with Gasteiger partial charge in [-0.15, -0.1) is 0 Å². The second-order valence-electron chi connectivity index (χ2n) is 6.52. The van der Waals surface area contributed by atoms with Crippen LogP contribution in [0.2, 0.25) is 0 Å². The Balaban J connectivity index is 2.36. The van der Waals surface area contributed by atoms with Gasteiger partial charge in [-0.25, -0.2) is 4.98 Å². The summed E-state index contributed by atoms with van der Waals surface area (Å²) in [5.41, 5.74) is 14.8. The molecule has 3 nitrogen and oxygen atoms in total. The molecule has 0 saturated heterocycles. The molecule has 0 saturated carbocycles. The lowest BCUT2D eigenvalue weighted by Crippen LogP contribution is -2.04. The number of nitriles is 1. The zero-order chi connectivity index (χ0) is 18.1. The van der Waals surface area contributed by atoms with Crippen molar-refractivity contribution in [3.8, 4) is 28.5 Å². The van der Waals surface area contributed by atoms with Crippen molar-refractivity contribution in [2.45, 2.75) is 27.7 Å². The highest BCUT2D eigenvalue weighted by Gasteiger charge is 2.19. The summed E-state index contributed by atoms with van der Waals surface area (Å²) >= 11 is 0. The van der Waals surface area contributed by atoms with Gasteiger partial charge in [0.05, 0.1) is 5.69 Å². The van der Waals surface area contributed by atoms with E-state index in [-0.39, 0.29) is 5.82 Å². The van der Waals surface area contributed by atoms with Crippen LogP contribution >= 0.6 is 0 Å². The third kappa shape index (κ3) is 2.99. The average molecular weight is 327 g/mol. The van der Waals surface area contributed by atoms with E-state index in [0.717, 1.165) is 39.1 Å². The predicted octanol–water partition coefficient (Wildman–Crippen LogP) is 5.10. The summed E-state index contributed by atoms with van der Waals surface area (Å²) in [5.74, 6) is 0.277. The van der Waals surface area contributed by atoms with Gasteiger partial charge in [0.2, 0.25) is 0 Å². The van der Waals surface area contributed by atoms with Gasteiger partial charge in [-0.2, -0.15) is 5.26 Å². The molecule has 25 heavy (non-hydrogen) atoms. The van der Waals surface area contributed by atoms with E-state index in [4.69, 9.17) is 5.73 Å². The molecule has 3 heteroatoms. The van der Waals surface area contributed by atoms with Crippen LogP contribution in [0.15, 0.2) is 42.5 Å². The minimum atomic E-state index is 0.277. The molecule has 0 atom stereocenters. The number of hydrogen-bond donors (Lipinski definition) is 1. The van der Waals surface area contributed by atoms with Gasteiger partial charge in [-0.3, -0.25) is 0 Å². The molecule has 2 N–H and O–H groups in total. The minimum absolute atomic E-state index is 0.277. The summed E-state index contributed by atoms with van der Waals surface area (Å²) in [4.78, 5) is 4.54. The lowest BCUT2D eigenvalue weighted by molar-refractivity contribution is 1.25. The Morgan fingerprint density at radius 2 is 1.56 bits per heavy atom. The van der Waals surface area contributed by atoms with Gasteiger partial charge in [0.25, 0.3) is 0 Å². The van der Waals surface area contributed by atoms with Gasteiger partial charge in [0.1, 0.15) is 17.5 Å². The topological polar surface area (TPSA) is 62.7 Å². The van der Waals surface area contributed by atoms with Crippen molar-refractivity contribution in [2.75, 3.05) is 5.73 Å². The third-order valence-corrected chi connectivity index (χ3v) is 4.57. The first-order valence-corrected chi connectivity index (χ1v) is 8.27. The number of nitrogens with two attached hydrogens (primary N) is 1. The van der Waals surface area contributed by atoms with Gasteiger partial charge in [-0.05, 0) is 44.4 Å². The van der Waals surface area contributed by atoms with E-state index in [0.29, 0.717) is 5.56 Å². The predicted molar refractivity (Wildman–Crippen MR) is 103 cm³/mol. The van der Waals surface area contributed by atoms with E-state index < -0.39 is 0 Å². The zero-order valence-corrected chi connectivity index (χ0v) is 15.0. The summed E-state index contributed by atoms with van der Waals surface area (Å²) in [5, 5.41) is 9.67. The molecule has 3 rings (SSSR count). The van der Waals surface area contributed by atoms with Crippen LogP contribution < -0.4 is 5.73 Å². The van der Waals surface area contributed by atoms with Crippen LogP contribution in [0, 0.1) is 39.0 Å². The van der Waals surface area contributed by atoms with Crippen molar-refractivity contribution < 1.29 is 0 Å². The molecule has 0 aliphatic carbocycles. The quantitative estimate of drug-likeness (QED) is 0.712. The van der Waals surface area contributed by atoms with Crippen LogP contribution in [0.25, 0.3) is 22.4 Å². The van der Waals surface area contributed by atoms with E-state index in [9.17, 15) is 5.26 Å². The van der Waals surface area contributed by atoms with E-state index in [1.807, 2.05) is 19.1 Å². The van der Waals surface area contributed by atoms with Crippen molar-refractivity contribution in [2.24, 2.45) is 0 Å². The fraction of sp³-hybridized carbons (Fsp3) is 0.182. The Kier molecular flexibility index (Phi) is 4.29. The van der Waals surface area contributed by atoms with E-state index in [2.05, 4.69) is 62.2 Å². The summed E-state index contributed by atoms with van der Waals surface area (Å²) in [7, 11) is 0. The molecule has 124 valence electrons. The first-order chi connectivity index (χ1) is 11.9. The first kappa shape index (κ1) is 16.7. The first-order valence-electron chi connectivity index (χ1n) is 8.27. The third-order valence-electron chi connectivity index (χ3n) is 4.57. The van der Waals surface area contributed by atoms with Gasteiger partial charge in [-0.1, -0.05) is 53.6 Å². The fourth-order valence-electron chi connectivity index (χ4n) is 3.14. The highest BCUT2D eigenvalue weighted by atomic mass is 14.9. The normalized spacial score (nSPS) is 10.5. The van der Waals surface area contributed by atoms with Gasteiger partial charge >= 0.3 is 0 Å². The van der Waals surface area contributed by atoms with Crippen LogP contribution in [0.5, 0.6) is 0 Å². The van der Waals surface area contributed by atoms with Crippen molar-refractivity contribution in [1.29, 1.82) is 5.26 Å². The standard InChI is InChI=1S/C22H21N3/c1-13-6-9-17(10-7-13)21-16(4)20(19(12-23)22(24)25-21)18-11-14(2)5-8-15(18)3/h5-11H,1-4H3,(H2,24,25). The molecule has 0 radical (unpaired) electrons. The molecule has 0 spiro atoms. The molecule has 0 amide bonds. The van der Waals surface area contributed by atoms with Crippen LogP contribution in [-0.2, 0) is 0 Å². The molecule has 0 aliphatic heterocycles. The van der Waals surface area contributed by atoms with Crippen LogP contribution in [0.1, 0.15) is 27.8 Å². The summed E-state index contributed by atoms with van der Waals surface area (Å²) < 4.78 is 0. The maximum atomic E-state index is 9.67. The second kappa shape index (κ2) is 6.41. The molecule has 0 fully saturated rings. The molecule has 0 aliphatic rings. The van der Waals surface area contributed by atoms with Gasteiger partial charge < -0.3 is 5.73 Å². The molecule has 0 bridgehead atoms. The largest absolute Gasteiger partial charge is 0.383 e. The number of rotatable bonds is 2. The van der Waals surface area contributed by atoms with E-state index >= 15 is 0 Å². The summed E-state index contributed by atoms with van der Waals surface area (Å²) in [6, 6.07) is 16.7. The molecule has 2 aromatic carbocycles. The second-order valence-corrected chi connectivity index (χ2v) is 6.52. The number of hydrogen-bond acceptors (Lipinski definition) is 3. The van der Waals surface area contributed by atoms with Crippen molar-refractivity contribution in [1.82, 2.24) is 4.98 Å². The Bertz CT molecular complexity index is 993. The highest BCUT2D eigenvalue weighted by Crippen LogP contribution is 2.37. The number of pyridine rings is 1. The smallest absolute Gasteiger partial charge is 0.142 e. The van der Waals surface area contributed by atoms with Gasteiger partial charge in [0, 0.05) is 11.1 Å². The van der Waals surface area contributed by atoms with Crippen LogP contribution in [0.3, 0.4) is 0 Å². The molecule has 1 heterocycles. The van der Waals surface area contributed by atoms with Gasteiger partial charge in [0.15, 0.2) is 0 Å². The van der Waals surface area contributed by atoms with E-state index in [1.165, 1.54) is 5.56 Å². The number of nitrogens with zero attached hydrogens (tertiary/aromatic N) is 2. The molecular formula is C22H21N3. The van der Waals surface area contributed by atoms with Crippen molar-refractivity contribution in [3.63, 3.8) is 0 Å². The SMILES string of the molecule is Cc1ccc(-c2nc(N)c(C#N)c(-c3cc(C)ccc3C)c2C)cc1. The van der Waals surface area contributed by atoms with Crippen molar-refractivity contribution >= 4 is 5.82 Å². The van der Waals surface area contributed by atoms with Crippen molar-refractivity contribution in [3.05, 3.63) is 70.3 Å². The summed E-state index contributed by atoms with van der Waals surface area (Å²) in [6.07, 6.45) is 0. The minimum Gasteiger partial charge on any atom is -0.383 e. The zero-order valence-electron chi connectivity index (χ0n) is 15.0. The number of aryl methyl sites for hydroxylation is 3. The number of aromatic nitrogens is 1. The van der Waals surface area contributed by atoms with Crippen LogP contribution in [-0.4, -0.2) is 4.98 Å². The Morgan fingerprint density at radius 1 is 0.920 bits per heavy atom. The monoisotopic (exact) mass is 327 g/mol. The average Bonchev–Trinajstić information content (AvgIpc) is 2.59.